The normalized spacial score (nSPS) is 10.1. The molecule has 0 radical (unpaired) electrons. The van der Waals surface area contributed by atoms with E-state index in [1.165, 1.54) is 0 Å². The van der Waals surface area contributed by atoms with Gasteiger partial charge in [0.1, 0.15) is 0 Å². The van der Waals surface area contributed by atoms with Gasteiger partial charge in [0, 0.05) is 5.33 Å². The highest BCUT2D eigenvalue weighted by Crippen LogP contribution is 2.25. The Bertz CT molecular complexity index is 377. The fourth-order valence-corrected chi connectivity index (χ4v) is 2.16. The van der Waals surface area contributed by atoms with Crippen molar-refractivity contribution in [2.45, 2.75) is 19.2 Å². The third-order valence-electron chi connectivity index (χ3n) is 1.93. The van der Waals surface area contributed by atoms with Gasteiger partial charge < -0.3 is 4.74 Å². The minimum absolute atomic E-state index is 0.354. The van der Waals surface area contributed by atoms with Gasteiger partial charge in [-0.15, -0.1) is 0 Å². The van der Waals surface area contributed by atoms with Crippen LogP contribution in [-0.2, 0) is 10.1 Å². The van der Waals surface area contributed by atoms with Gasteiger partial charge in [-0.3, -0.25) is 0 Å². The molecule has 0 aliphatic carbocycles. The Hall–Kier alpha value is -0.540. The van der Waals surface area contributed by atoms with Gasteiger partial charge in [-0.05, 0) is 31.0 Å². The van der Waals surface area contributed by atoms with E-state index in [2.05, 4.69) is 15.9 Å². The monoisotopic (exact) mass is 290 g/mol. The number of aryl methyl sites for hydroxylation is 1. The van der Waals surface area contributed by atoms with Crippen molar-refractivity contribution in [1.82, 2.24) is 0 Å². The number of esters is 1. The number of halogens is 2. The Morgan fingerprint density at radius 3 is 2.73 bits per heavy atom. The molecule has 2 nitrogen and oxygen atoms in total. The van der Waals surface area contributed by atoms with E-state index in [4.69, 9.17) is 16.3 Å². The van der Waals surface area contributed by atoms with Crippen LogP contribution in [0.15, 0.2) is 12.1 Å². The van der Waals surface area contributed by atoms with Gasteiger partial charge in [0.05, 0.1) is 17.2 Å². The summed E-state index contributed by atoms with van der Waals surface area (Å²) < 4.78 is 4.92. The minimum atomic E-state index is -0.367. The average Bonchev–Trinajstić information content (AvgIpc) is 2.21. The van der Waals surface area contributed by atoms with E-state index in [-0.39, 0.29) is 5.97 Å². The maximum atomic E-state index is 11.6. The Kier molecular flexibility index (Phi) is 4.61. The summed E-state index contributed by atoms with van der Waals surface area (Å²) in [6, 6.07) is 3.69. The first-order valence-corrected chi connectivity index (χ1v) is 6.12. The zero-order valence-electron chi connectivity index (χ0n) is 8.64. The average molecular weight is 292 g/mol. The van der Waals surface area contributed by atoms with Crippen LogP contribution in [0.25, 0.3) is 0 Å². The molecule has 0 unspecified atom stereocenters. The van der Waals surface area contributed by atoms with Crippen molar-refractivity contribution in [1.29, 1.82) is 0 Å². The van der Waals surface area contributed by atoms with Gasteiger partial charge in [-0.25, -0.2) is 4.79 Å². The van der Waals surface area contributed by atoms with E-state index in [0.717, 1.165) is 11.1 Å². The summed E-state index contributed by atoms with van der Waals surface area (Å²) in [7, 11) is 0. The maximum Gasteiger partial charge on any atom is 0.339 e. The predicted molar refractivity (Wildman–Crippen MR) is 64.8 cm³/mol. The van der Waals surface area contributed by atoms with Gasteiger partial charge >= 0.3 is 5.97 Å². The summed E-state index contributed by atoms with van der Waals surface area (Å²) in [6.45, 7) is 4.05. The van der Waals surface area contributed by atoms with Crippen LogP contribution >= 0.6 is 27.5 Å². The molecule has 0 heterocycles. The van der Waals surface area contributed by atoms with Crippen molar-refractivity contribution in [2.24, 2.45) is 0 Å². The second-order valence-electron chi connectivity index (χ2n) is 3.14. The molecule has 1 rings (SSSR count). The van der Waals surface area contributed by atoms with Crippen LogP contribution in [0.3, 0.4) is 0 Å². The zero-order chi connectivity index (χ0) is 11.4. The van der Waals surface area contributed by atoms with Crippen LogP contribution in [0.2, 0.25) is 5.02 Å². The Balaban J connectivity index is 3.17. The first-order valence-electron chi connectivity index (χ1n) is 4.62. The van der Waals surface area contributed by atoms with E-state index in [0.29, 0.717) is 22.5 Å². The number of rotatable bonds is 3. The van der Waals surface area contributed by atoms with Crippen molar-refractivity contribution in [3.8, 4) is 0 Å². The van der Waals surface area contributed by atoms with Crippen LogP contribution in [0.5, 0.6) is 0 Å². The maximum absolute atomic E-state index is 11.6. The van der Waals surface area contributed by atoms with Crippen molar-refractivity contribution in [3.63, 3.8) is 0 Å². The van der Waals surface area contributed by atoms with Crippen molar-refractivity contribution in [2.75, 3.05) is 6.61 Å². The van der Waals surface area contributed by atoms with Gasteiger partial charge in [0.2, 0.25) is 0 Å². The van der Waals surface area contributed by atoms with Crippen molar-refractivity contribution >= 4 is 33.5 Å². The van der Waals surface area contributed by atoms with Crippen LogP contribution in [0.1, 0.15) is 28.4 Å². The molecular weight excluding hydrogens is 279 g/mol. The van der Waals surface area contributed by atoms with Crippen LogP contribution in [-0.4, -0.2) is 12.6 Å². The lowest BCUT2D eigenvalue weighted by atomic mass is 10.1. The molecule has 0 saturated carbocycles. The lowest BCUT2D eigenvalue weighted by Crippen LogP contribution is -2.06. The first kappa shape index (κ1) is 12.5. The zero-order valence-corrected chi connectivity index (χ0v) is 11.0. The number of alkyl halides is 1. The van der Waals surface area contributed by atoms with E-state index in [9.17, 15) is 4.79 Å². The summed E-state index contributed by atoms with van der Waals surface area (Å²) in [5.74, 6) is -0.367. The molecule has 0 atom stereocenters. The SMILES string of the molecule is CCOC(=O)c1cc(C)cc(CBr)c1Cl. The molecule has 0 fully saturated rings. The lowest BCUT2D eigenvalue weighted by molar-refractivity contribution is 0.0526. The highest BCUT2D eigenvalue weighted by molar-refractivity contribution is 9.08. The summed E-state index contributed by atoms with van der Waals surface area (Å²) in [4.78, 5) is 11.6. The molecule has 0 spiro atoms. The number of carbonyl (C=O) groups excluding carboxylic acids is 1. The molecule has 15 heavy (non-hydrogen) atoms. The van der Waals surface area contributed by atoms with Gasteiger partial charge in [-0.1, -0.05) is 33.6 Å². The predicted octanol–water partition coefficient (Wildman–Crippen LogP) is 3.72. The first-order chi connectivity index (χ1) is 7.10. The molecule has 0 bridgehead atoms. The number of hydrogen-bond donors (Lipinski definition) is 0. The quantitative estimate of drug-likeness (QED) is 0.627. The second-order valence-corrected chi connectivity index (χ2v) is 4.08. The standard InChI is InChI=1S/C11H12BrClO2/c1-3-15-11(14)9-5-7(2)4-8(6-12)10(9)13/h4-5H,3,6H2,1-2H3. The summed E-state index contributed by atoms with van der Waals surface area (Å²) in [5.41, 5.74) is 2.34. The third kappa shape index (κ3) is 2.95. The Labute approximate surface area is 103 Å². The topological polar surface area (TPSA) is 26.3 Å². The van der Waals surface area contributed by atoms with Crippen molar-refractivity contribution < 1.29 is 9.53 Å². The lowest BCUT2D eigenvalue weighted by Gasteiger charge is -2.08. The fraction of sp³-hybridized carbons (Fsp3) is 0.364. The molecule has 1 aromatic carbocycles. The summed E-state index contributed by atoms with van der Waals surface area (Å²) >= 11 is 9.41. The molecule has 0 saturated heterocycles. The molecule has 1 aromatic rings. The number of hydrogen-bond acceptors (Lipinski definition) is 2. The Morgan fingerprint density at radius 2 is 2.20 bits per heavy atom. The largest absolute Gasteiger partial charge is 0.462 e. The summed E-state index contributed by atoms with van der Waals surface area (Å²) in [5, 5.41) is 1.09. The van der Waals surface area contributed by atoms with E-state index < -0.39 is 0 Å². The van der Waals surface area contributed by atoms with Crippen LogP contribution < -0.4 is 0 Å². The van der Waals surface area contributed by atoms with E-state index in [1.807, 2.05) is 13.0 Å². The molecule has 0 N–H and O–H groups in total. The van der Waals surface area contributed by atoms with Gasteiger partial charge in [0.25, 0.3) is 0 Å². The molecule has 82 valence electrons. The molecule has 0 amide bonds. The highest BCUT2D eigenvalue weighted by atomic mass is 79.9. The molecular formula is C11H12BrClO2. The molecule has 0 aliphatic heterocycles. The molecule has 4 heteroatoms. The Morgan fingerprint density at radius 1 is 1.53 bits per heavy atom. The van der Waals surface area contributed by atoms with Crippen molar-refractivity contribution in [3.05, 3.63) is 33.8 Å². The fourth-order valence-electron chi connectivity index (χ4n) is 1.30. The number of benzene rings is 1. The number of carbonyl (C=O) groups is 1. The third-order valence-corrected chi connectivity index (χ3v) is 2.98. The highest BCUT2D eigenvalue weighted by Gasteiger charge is 2.14. The minimum Gasteiger partial charge on any atom is -0.462 e. The molecule has 0 aliphatic rings. The van der Waals surface area contributed by atoms with E-state index in [1.54, 1.807) is 13.0 Å². The second kappa shape index (κ2) is 5.52. The number of ether oxygens (including phenoxy) is 1. The van der Waals surface area contributed by atoms with Gasteiger partial charge in [0.15, 0.2) is 0 Å². The summed E-state index contributed by atoms with van der Waals surface area (Å²) in [6.07, 6.45) is 0. The smallest absolute Gasteiger partial charge is 0.339 e. The van der Waals surface area contributed by atoms with E-state index >= 15 is 0 Å². The van der Waals surface area contributed by atoms with Crippen LogP contribution in [0.4, 0.5) is 0 Å². The van der Waals surface area contributed by atoms with Gasteiger partial charge in [-0.2, -0.15) is 0 Å². The van der Waals surface area contributed by atoms with Crippen LogP contribution in [0, 0.1) is 6.92 Å². The molecule has 0 aromatic heterocycles.